The number of aryl methyl sites for hydroxylation is 2. The fourth-order valence-corrected chi connectivity index (χ4v) is 3.65. The summed E-state index contributed by atoms with van der Waals surface area (Å²) in [6.07, 6.45) is -1.17. The Morgan fingerprint density at radius 3 is 2.08 bits per heavy atom. The third kappa shape index (κ3) is 5.41. The zero-order valence-electron chi connectivity index (χ0n) is 14.9. The molecule has 0 heterocycles. The Bertz CT molecular complexity index is 878. The third-order valence-corrected chi connectivity index (χ3v) is 5.65. The summed E-state index contributed by atoms with van der Waals surface area (Å²) >= 11 is 0. The first kappa shape index (κ1) is 20.1. The number of aliphatic hydroxyl groups excluding tert-OH is 2. The van der Waals surface area contributed by atoms with Crippen LogP contribution in [0.4, 0.5) is 0 Å². The number of hydrogen-bond acceptors (Lipinski definition) is 4. The average Bonchev–Trinajstić information content (AvgIpc) is 2.62. The molecular weight excluding hydrogens is 350 g/mol. The molecule has 2 rings (SSSR count). The maximum absolute atomic E-state index is 12.8. The van der Waals surface area contributed by atoms with E-state index >= 15 is 0 Å². The fourth-order valence-electron chi connectivity index (χ4n) is 2.27. The van der Waals surface area contributed by atoms with Crippen LogP contribution >= 0.6 is 0 Å². The molecule has 2 N–H and O–H groups in total. The maximum atomic E-state index is 12.8. The molecule has 0 fully saturated rings. The van der Waals surface area contributed by atoms with Crippen molar-refractivity contribution in [3.8, 4) is 11.8 Å². The molecule has 0 spiro atoms. The first-order valence-electron chi connectivity index (χ1n) is 8.24. The first-order chi connectivity index (χ1) is 12.3. The molecule has 138 valence electrons. The van der Waals surface area contributed by atoms with Crippen molar-refractivity contribution in [3.05, 3.63) is 65.2 Å². The molecule has 0 aliphatic rings. The van der Waals surface area contributed by atoms with E-state index in [9.17, 15) is 13.5 Å². The monoisotopic (exact) mass is 373 g/mol. The Morgan fingerprint density at radius 2 is 1.54 bits per heavy atom. The first-order valence-corrected chi connectivity index (χ1v) is 9.68. The Kier molecular flexibility index (Phi) is 6.95. The van der Waals surface area contributed by atoms with Gasteiger partial charge >= 0.3 is 0 Å². The number of nitrogens with zero attached hydrogens (tertiary/aromatic N) is 1. The van der Waals surface area contributed by atoms with Crippen LogP contribution in [0.3, 0.4) is 0 Å². The van der Waals surface area contributed by atoms with E-state index in [0.29, 0.717) is 0 Å². The summed E-state index contributed by atoms with van der Waals surface area (Å²) in [6.45, 7) is 3.02. The van der Waals surface area contributed by atoms with Crippen LogP contribution in [0.2, 0.25) is 0 Å². The summed E-state index contributed by atoms with van der Waals surface area (Å²) in [7, 11) is -3.82. The van der Waals surface area contributed by atoms with E-state index in [1.165, 1.54) is 12.1 Å². The van der Waals surface area contributed by atoms with E-state index in [2.05, 4.69) is 11.8 Å². The second kappa shape index (κ2) is 8.97. The van der Waals surface area contributed by atoms with Gasteiger partial charge in [-0.1, -0.05) is 47.2 Å². The standard InChI is InChI=1S/C20H23NO4S/c1-16-5-9-18(10-6-16)4-3-13-21(14-19(23)15-22)26(24,25)20-11-7-17(2)8-12-20/h5-12,19,22-23H,13-15H2,1-2H3/t19-/m0/s1. The van der Waals surface area contributed by atoms with Crippen molar-refractivity contribution in [1.82, 2.24) is 4.31 Å². The van der Waals surface area contributed by atoms with Crippen LogP contribution in [-0.2, 0) is 10.0 Å². The van der Waals surface area contributed by atoms with Crippen LogP contribution in [0.1, 0.15) is 16.7 Å². The lowest BCUT2D eigenvalue weighted by Crippen LogP contribution is -2.39. The van der Waals surface area contributed by atoms with Gasteiger partial charge < -0.3 is 10.2 Å². The Morgan fingerprint density at radius 1 is 1.00 bits per heavy atom. The number of benzene rings is 2. The van der Waals surface area contributed by atoms with Crippen molar-refractivity contribution in [2.24, 2.45) is 0 Å². The Balaban J connectivity index is 2.25. The van der Waals surface area contributed by atoms with Crippen LogP contribution in [0.15, 0.2) is 53.4 Å². The fraction of sp³-hybridized carbons (Fsp3) is 0.300. The zero-order chi connectivity index (χ0) is 19.2. The minimum absolute atomic E-state index is 0.0822. The molecule has 2 aromatic rings. The number of sulfonamides is 1. The van der Waals surface area contributed by atoms with Gasteiger partial charge in [0.25, 0.3) is 0 Å². The van der Waals surface area contributed by atoms with Crippen LogP contribution in [-0.4, -0.2) is 48.7 Å². The number of rotatable bonds is 6. The predicted molar refractivity (Wildman–Crippen MR) is 101 cm³/mol. The highest BCUT2D eigenvalue weighted by Gasteiger charge is 2.25. The molecule has 2 aromatic carbocycles. The van der Waals surface area contributed by atoms with Gasteiger partial charge in [-0.15, -0.1) is 0 Å². The van der Waals surface area contributed by atoms with Crippen molar-refractivity contribution in [2.75, 3.05) is 19.7 Å². The quantitative estimate of drug-likeness (QED) is 0.756. The molecule has 26 heavy (non-hydrogen) atoms. The molecule has 1 atom stereocenters. The summed E-state index contributed by atoms with van der Waals surface area (Å²) in [5.74, 6) is 5.77. The molecule has 0 saturated carbocycles. The molecule has 0 aliphatic heterocycles. The summed E-state index contributed by atoms with van der Waals surface area (Å²) < 4.78 is 26.8. The molecule has 5 nitrogen and oxygen atoms in total. The Hall–Kier alpha value is -2.17. The normalized spacial score (nSPS) is 12.5. The van der Waals surface area contributed by atoms with E-state index < -0.39 is 22.7 Å². The van der Waals surface area contributed by atoms with Crippen LogP contribution < -0.4 is 0 Å². The molecule has 0 radical (unpaired) electrons. The second-order valence-corrected chi connectivity index (χ2v) is 8.05. The summed E-state index contributed by atoms with van der Waals surface area (Å²) in [6, 6.07) is 14.1. The molecule has 0 aliphatic carbocycles. The van der Waals surface area contributed by atoms with Gasteiger partial charge in [-0.05, 0) is 38.1 Å². The van der Waals surface area contributed by atoms with E-state index in [0.717, 1.165) is 21.0 Å². The van der Waals surface area contributed by atoms with Crippen molar-refractivity contribution in [3.63, 3.8) is 0 Å². The smallest absolute Gasteiger partial charge is 0.244 e. The maximum Gasteiger partial charge on any atom is 0.244 e. The van der Waals surface area contributed by atoms with Gasteiger partial charge in [0.1, 0.15) is 0 Å². The van der Waals surface area contributed by atoms with Gasteiger partial charge in [-0.2, -0.15) is 4.31 Å². The van der Waals surface area contributed by atoms with Gasteiger partial charge in [0, 0.05) is 12.1 Å². The molecule has 6 heteroatoms. The zero-order valence-corrected chi connectivity index (χ0v) is 15.7. The summed E-state index contributed by atoms with van der Waals surface area (Å²) in [4.78, 5) is 0.130. The van der Waals surface area contributed by atoms with Crippen molar-refractivity contribution in [2.45, 2.75) is 24.8 Å². The molecule has 0 saturated heterocycles. The average molecular weight is 373 g/mol. The van der Waals surface area contributed by atoms with Crippen molar-refractivity contribution in [1.29, 1.82) is 0 Å². The van der Waals surface area contributed by atoms with Gasteiger partial charge in [-0.3, -0.25) is 0 Å². The highest BCUT2D eigenvalue weighted by atomic mass is 32.2. The molecule has 0 amide bonds. The molecule has 0 bridgehead atoms. The van der Waals surface area contributed by atoms with Crippen molar-refractivity contribution >= 4 is 10.0 Å². The second-order valence-electron chi connectivity index (χ2n) is 6.11. The van der Waals surface area contributed by atoms with E-state index in [1.807, 2.05) is 38.1 Å². The van der Waals surface area contributed by atoms with E-state index in [4.69, 9.17) is 5.11 Å². The predicted octanol–water partition coefficient (Wildman–Crippen LogP) is 1.70. The van der Waals surface area contributed by atoms with Gasteiger partial charge in [0.05, 0.1) is 24.2 Å². The summed E-state index contributed by atoms with van der Waals surface area (Å²) in [5.41, 5.74) is 2.85. The molecule has 0 unspecified atom stereocenters. The minimum atomic E-state index is -3.82. The topological polar surface area (TPSA) is 77.8 Å². The lowest BCUT2D eigenvalue weighted by molar-refractivity contribution is 0.0808. The lowest BCUT2D eigenvalue weighted by atomic mass is 10.1. The largest absolute Gasteiger partial charge is 0.394 e. The SMILES string of the molecule is Cc1ccc(C#CCN(C[C@H](O)CO)S(=O)(=O)c2ccc(C)cc2)cc1. The van der Waals surface area contributed by atoms with Crippen LogP contribution in [0.5, 0.6) is 0 Å². The third-order valence-electron chi connectivity index (χ3n) is 3.82. The van der Waals surface area contributed by atoms with E-state index in [-0.39, 0.29) is 18.0 Å². The summed E-state index contributed by atoms with van der Waals surface area (Å²) in [5, 5.41) is 18.8. The van der Waals surface area contributed by atoms with Gasteiger partial charge in [0.15, 0.2) is 0 Å². The number of aliphatic hydroxyl groups is 2. The lowest BCUT2D eigenvalue weighted by Gasteiger charge is -2.22. The molecule has 0 aromatic heterocycles. The molecular formula is C20H23NO4S. The van der Waals surface area contributed by atoms with Gasteiger partial charge in [0.2, 0.25) is 10.0 Å². The van der Waals surface area contributed by atoms with Crippen LogP contribution in [0, 0.1) is 25.7 Å². The van der Waals surface area contributed by atoms with Crippen LogP contribution in [0.25, 0.3) is 0 Å². The van der Waals surface area contributed by atoms with Crippen molar-refractivity contribution < 1.29 is 18.6 Å². The number of hydrogen-bond donors (Lipinski definition) is 2. The van der Waals surface area contributed by atoms with E-state index in [1.54, 1.807) is 12.1 Å². The minimum Gasteiger partial charge on any atom is -0.394 e. The highest BCUT2D eigenvalue weighted by Crippen LogP contribution is 2.16. The van der Waals surface area contributed by atoms with Gasteiger partial charge in [-0.25, -0.2) is 8.42 Å². The Labute approximate surface area is 155 Å². The highest BCUT2D eigenvalue weighted by molar-refractivity contribution is 7.89.